The van der Waals surface area contributed by atoms with Crippen molar-refractivity contribution in [2.45, 2.75) is 26.2 Å². The molecule has 0 aliphatic heterocycles. The monoisotopic (exact) mass is 447 g/mol. The van der Waals surface area contributed by atoms with Crippen molar-refractivity contribution < 1.29 is 23.5 Å². The number of ether oxygens (including phenoxy) is 2. The number of carbonyl (C=O) groups excluding carboxylic acids is 2. The first-order valence-electron chi connectivity index (χ1n) is 10.6. The Labute approximate surface area is 191 Å². The molecule has 1 heterocycles. The maximum absolute atomic E-state index is 12.9. The predicted molar refractivity (Wildman–Crippen MR) is 124 cm³/mol. The van der Waals surface area contributed by atoms with Crippen LogP contribution < -0.4 is 20.2 Å². The van der Waals surface area contributed by atoms with Gasteiger partial charge in [0.2, 0.25) is 0 Å². The molecule has 8 heteroatoms. The fourth-order valence-corrected chi connectivity index (χ4v) is 3.83. The van der Waals surface area contributed by atoms with Gasteiger partial charge in [-0.2, -0.15) is 5.10 Å². The Bertz CT molecular complexity index is 1230. The van der Waals surface area contributed by atoms with E-state index in [0.29, 0.717) is 52.6 Å². The van der Waals surface area contributed by atoms with Crippen molar-refractivity contribution in [2.24, 2.45) is 5.10 Å². The lowest BCUT2D eigenvalue weighted by atomic mass is 9.93. The van der Waals surface area contributed by atoms with E-state index in [9.17, 15) is 9.59 Å². The van der Waals surface area contributed by atoms with Gasteiger partial charge in [0.15, 0.2) is 5.76 Å². The Kier molecular flexibility index (Phi) is 6.44. The van der Waals surface area contributed by atoms with Gasteiger partial charge < -0.3 is 19.2 Å². The molecule has 8 nitrogen and oxygen atoms in total. The number of carbonyl (C=O) groups is 2. The normalized spacial score (nSPS) is 13.8. The van der Waals surface area contributed by atoms with E-state index >= 15 is 0 Å². The number of amides is 2. The number of hydrazone groups is 1. The van der Waals surface area contributed by atoms with Crippen molar-refractivity contribution in [3.63, 3.8) is 0 Å². The highest BCUT2D eigenvalue weighted by Gasteiger charge is 2.28. The first-order chi connectivity index (χ1) is 16.0. The van der Waals surface area contributed by atoms with Gasteiger partial charge in [-0.15, -0.1) is 0 Å². The summed E-state index contributed by atoms with van der Waals surface area (Å²) in [5.41, 5.74) is 5.83. The van der Waals surface area contributed by atoms with Gasteiger partial charge in [-0.05, 0) is 50.1 Å². The van der Waals surface area contributed by atoms with Crippen LogP contribution in [0.5, 0.6) is 11.5 Å². The van der Waals surface area contributed by atoms with Crippen LogP contribution in [0.15, 0.2) is 58.0 Å². The Morgan fingerprint density at radius 3 is 2.45 bits per heavy atom. The molecule has 1 aliphatic rings. The number of anilines is 1. The van der Waals surface area contributed by atoms with Crippen molar-refractivity contribution >= 4 is 23.2 Å². The number of furan rings is 1. The largest absolute Gasteiger partial charge is 0.497 e. The summed E-state index contributed by atoms with van der Waals surface area (Å²) < 4.78 is 16.3. The van der Waals surface area contributed by atoms with Crippen LogP contribution in [0.1, 0.15) is 50.6 Å². The Morgan fingerprint density at radius 1 is 0.970 bits per heavy atom. The lowest BCUT2D eigenvalue weighted by Crippen LogP contribution is -2.22. The molecule has 3 aromatic rings. The van der Waals surface area contributed by atoms with Crippen LogP contribution in [-0.4, -0.2) is 31.7 Å². The molecule has 0 saturated carbocycles. The summed E-state index contributed by atoms with van der Waals surface area (Å²) in [5, 5.41) is 7.21. The highest BCUT2D eigenvalue weighted by atomic mass is 16.5. The minimum absolute atomic E-state index is 0.233. The number of fused-ring (bicyclic) bond motifs is 1. The SMILES string of the molecule is COc1cccc(NC(=O)c2oc3c(c2C)/C(=N/NC(=O)c2cccc(OC)c2)CCC3)c1. The number of nitrogens with one attached hydrogen (secondary N) is 2. The van der Waals surface area contributed by atoms with Gasteiger partial charge >= 0.3 is 0 Å². The summed E-state index contributed by atoms with van der Waals surface area (Å²) in [6.07, 6.45) is 2.18. The molecule has 1 aliphatic carbocycles. The number of hydrogen-bond donors (Lipinski definition) is 2. The Morgan fingerprint density at radius 2 is 1.70 bits per heavy atom. The third kappa shape index (κ3) is 4.74. The minimum atomic E-state index is -0.352. The first-order valence-corrected chi connectivity index (χ1v) is 10.6. The van der Waals surface area contributed by atoms with Crippen molar-refractivity contribution in [1.82, 2.24) is 5.43 Å². The van der Waals surface area contributed by atoms with E-state index in [1.165, 1.54) is 0 Å². The van der Waals surface area contributed by atoms with Gasteiger partial charge in [0, 0.05) is 34.9 Å². The van der Waals surface area contributed by atoms with E-state index in [4.69, 9.17) is 13.9 Å². The van der Waals surface area contributed by atoms with Crippen molar-refractivity contribution in [3.8, 4) is 11.5 Å². The van der Waals surface area contributed by atoms with Crippen LogP contribution in [0, 0.1) is 6.92 Å². The van der Waals surface area contributed by atoms with E-state index in [2.05, 4.69) is 15.8 Å². The van der Waals surface area contributed by atoms with Crippen LogP contribution in [0.4, 0.5) is 5.69 Å². The fraction of sp³-hybridized carbons (Fsp3) is 0.240. The molecule has 0 saturated heterocycles. The topological polar surface area (TPSA) is 102 Å². The maximum atomic E-state index is 12.9. The molecule has 0 bridgehead atoms. The average Bonchev–Trinajstić information content (AvgIpc) is 3.19. The zero-order valence-electron chi connectivity index (χ0n) is 18.7. The standard InChI is InChI=1S/C25H25N3O5/c1-15-22-20(27-28-24(29)16-7-4-9-18(13-16)31-2)11-6-12-21(22)33-23(15)25(30)26-17-8-5-10-19(14-17)32-3/h4-5,7-10,13-14H,6,11-12H2,1-3H3,(H,26,30)(H,28,29)/b27-20+. The van der Waals surface area contributed by atoms with Crippen molar-refractivity contribution in [3.05, 3.63) is 76.7 Å². The second-order valence-electron chi connectivity index (χ2n) is 7.63. The Hall–Kier alpha value is -4.07. The van der Waals surface area contributed by atoms with E-state index in [-0.39, 0.29) is 17.6 Å². The van der Waals surface area contributed by atoms with Crippen LogP contribution >= 0.6 is 0 Å². The third-order valence-electron chi connectivity index (χ3n) is 5.48. The van der Waals surface area contributed by atoms with Gasteiger partial charge in [0.25, 0.3) is 11.8 Å². The number of methoxy groups -OCH3 is 2. The summed E-state index contributed by atoms with van der Waals surface area (Å²) in [6, 6.07) is 14.0. The molecular formula is C25H25N3O5. The molecule has 1 aromatic heterocycles. The highest BCUT2D eigenvalue weighted by molar-refractivity contribution is 6.09. The van der Waals surface area contributed by atoms with Gasteiger partial charge in [-0.25, -0.2) is 5.43 Å². The predicted octanol–water partition coefficient (Wildman–Crippen LogP) is 4.33. The zero-order chi connectivity index (χ0) is 23.4. The highest BCUT2D eigenvalue weighted by Crippen LogP contribution is 2.30. The number of aryl methyl sites for hydroxylation is 1. The molecule has 0 radical (unpaired) electrons. The van der Waals surface area contributed by atoms with Crippen LogP contribution in [0.2, 0.25) is 0 Å². The molecule has 2 aromatic carbocycles. The van der Waals surface area contributed by atoms with Gasteiger partial charge in [0.1, 0.15) is 17.3 Å². The summed E-state index contributed by atoms with van der Waals surface area (Å²) >= 11 is 0. The average molecular weight is 447 g/mol. The first kappa shape index (κ1) is 22.1. The molecule has 33 heavy (non-hydrogen) atoms. The lowest BCUT2D eigenvalue weighted by molar-refractivity contribution is 0.0953. The van der Waals surface area contributed by atoms with Crippen LogP contribution in [0.25, 0.3) is 0 Å². The number of nitrogens with zero attached hydrogens (tertiary/aromatic N) is 1. The van der Waals surface area contributed by atoms with Crippen molar-refractivity contribution in [1.29, 1.82) is 0 Å². The Balaban J connectivity index is 1.55. The van der Waals surface area contributed by atoms with Crippen LogP contribution in [-0.2, 0) is 6.42 Å². The lowest BCUT2D eigenvalue weighted by Gasteiger charge is -2.13. The molecule has 0 fully saturated rings. The maximum Gasteiger partial charge on any atom is 0.291 e. The van der Waals surface area contributed by atoms with E-state index < -0.39 is 0 Å². The van der Waals surface area contributed by atoms with Gasteiger partial charge in [-0.1, -0.05) is 12.1 Å². The fourth-order valence-electron chi connectivity index (χ4n) is 3.83. The zero-order valence-corrected chi connectivity index (χ0v) is 18.7. The molecule has 0 atom stereocenters. The summed E-state index contributed by atoms with van der Waals surface area (Å²) in [5.74, 6) is 1.47. The molecule has 4 rings (SSSR count). The molecule has 2 amide bonds. The second-order valence-corrected chi connectivity index (χ2v) is 7.63. The molecule has 2 N–H and O–H groups in total. The number of benzene rings is 2. The van der Waals surface area contributed by atoms with E-state index in [0.717, 1.165) is 12.0 Å². The molecule has 0 spiro atoms. The second kappa shape index (κ2) is 9.60. The van der Waals surface area contributed by atoms with E-state index in [1.807, 2.05) is 6.92 Å². The smallest absolute Gasteiger partial charge is 0.291 e. The summed E-state index contributed by atoms with van der Waals surface area (Å²) in [4.78, 5) is 25.5. The minimum Gasteiger partial charge on any atom is -0.497 e. The van der Waals surface area contributed by atoms with Gasteiger partial charge in [-0.3, -0.25) is 9.59 Å². The van der Waals surface area contributed by atoms with Gasteiger partial charge in [0.05, 0.1) is 19.9 Å². The van der Waals surface area contributed by atoms with E-state index in [1.54, 1.807) is 62.8 Å². The number of hydrogen-bond acceptors (Lipinski definition) is 6. The summed E-state index contributed by atoms with van der Waals surface area (Å²) in [6.45, 7) is 1.83. The van der Waals surface area contributed by atoms with Crippen molar-refractivity contribution in [2.75, 3.05) is 19.5 Å². The molecular weight excluding hydrogens is 422 g/mol. The number of rotatable bonds is 6. The summed E-state index contributed by atoms with van der Waals surface area (Å²) in [7, 11) is 3.12. The molecule has 170 valence electrons. The van der Waals surface area contributed by atoms with Crippen LogP contribution in [0.3, 0.4) is 0 Å². The quantitative estimate of drug-likeness (QED) is 0.548. The third-order valence-corrected chi connectivity index (χ3v) is 5.48. The molecule has 0 unspecified atom stereocenters.